The molecule has 2 N–H and O–H groups in total. The Morgan fingerprint density at radius 2 is 1.90 bits per heavy atom. The monoisotopic (exact) mass is 418 g/mol. The smallest absolute Gasteiger partial charge is 0.323 e. The minimum atomic E-state index is -0.457. The van der Waals surface area contributed by atoms with E-state index >= 15 is 0 Å². The number of ketones is 1. The Hall–Kier alpha value is -3.94. The van der Waals surface area contributed by atoms with Crippen molar-refractivity contribution in [1.82, 2.24) is 9.88 Å². The molecule has 3 aromatic rings. The molecule has 2 aromatic carbocycles. The van der Waals surface area contributed by atoms with Gasteiger partial charge in [-0.3, -0.25) is 9.59 Å². The zero-order chi connectivity index (χ0) is 21.8. The summed E-state index contributed by atoms with van der Waals surface area (Å²) in [4.78, 5) is 42.5. The minimum Gasteiger partial charge on any atom is -0.447 e. The van der Waals surface area contributed by atoms with E-state index in [1.165, 1.54) is 17.4 Å². The summed E-state index contributed by atoms with van der Waals surface area (Å²) in [7, 11) is 0. The zero-order valence-electron chi connectivity index (χ0n) is 17.0. The van der Waals surface area contributed by atoms with Gasteiger partial charge in [0, 0.05) is 17.8 Å². The molecule has 158 valence electrons. The topological polar surface area (TPSA) is 105 Å². The van der Waals surface area contributed by atoms with Crippen LogP contribution in [0.4, 0.5) is 16.2 Å². The molecule has 3 amide bonds. The number of rotatable bonds is 5. The lowest BCUT2D eigenvalue weighted by molar-refractivity contribution is -0.133. The number of anilines is 2. The molecule has 8 heteroatoms. The van der Waals surface area contributed by atoms with Crippen molar-refractivity contribution in [3.8, 4) is 0 Å². The average Bonchev–Trinajstić information content (AvgIpc) is 3.41. The predicted octanol–water partition coefficient (Wildman–Crippen LogP) is 3.71. The fourth-order valence-electron chi connectivity index (χ4n) is 3.55. The van der Waals surface area contributed by atoms with Crippen molar-refractivity contribution < 1.29 is 18.8 Å². The maximum Gasteiger partial charge on any atom is 0.323 e. The van der Waals surface area contributed by atoms with Crippen LogP contribution in [-0.4, -0.2) is 34.2 Å². The highest BCUT2D eigenvalue weighted by atomic mass is 16.3. The second-order valence-corrected chi connectivity index (χ2v) is 7.42. The second-order valence-electron chi connectivity index (χ2n) is 7.42. The number of nitrogens with one attached hydrogen (secondary N) is 2. The normalized spacial score (nSPS) is 15.7. The zero-order valence-corrected chi connectivity index (χ0v) is 17.0. The largest absolute Gasteiger partial charge is 0.447 e. The number of benzene rings is 2. The average molecular weight is 418 g/mol. The molecule has 0 bridgehead atoms. The number of aromatic nitrogens is 1. The van der Waals surface area contributed by atoms with Gasteiger partial charge >= 0.3 is 6.03 Å². The summed E-state index contributed by atoms with van der Waals surface area (Å²) in [6.45, 7) is 1.98. The number of likely N-dealkylation sites (tertiary alicyclic amines) is 1. The van der Waals surface area contributed by atoms with Crippen molar-refractivity contribution in [3.63, 3.8) is 0 Å². The number of Topliss-reactive ketones (excluding diaryl/α,β-unsaturated/α-hetero) is 1. The molecule has 0 aliphatic carbocycles. The van der Waals surface area contributed by atoms with Crippen LogP contribution in [0.2, 0.25) is 0 Å². The fourth-order valence-corrected chi connectivity index (χ4v) is 3.55. The molecule has 4 rings (SSSR count). The molecule has 8 nitrogen and oxygen atoms in total. The third-order valence-corrected chi connectivity index (χ3v) is 5.16. The molecule has 0 radical (unpaired) electrons. The van der Waals surface area contributed by atoms with Gasteiger partial charge in [-0.05, 0) is 36.2 Å². The summed E-state index contributed by atoms with van der Waals surface area (Å²) < 4.78 is 5.30. The van der Waals surface area contributed by atoms with E-state index in [4.69, 9.17) is 4.42 Å². The molecule has 1 aliphatic heterocycles. The van der Waals surface area contributed by atoms with Crippen LogP contribution in [0.25, 0.3) is 0 Å². The minimum absolute atomic E-state index is 0.0178. The number of carbonyl (C=O) groups excluding carboxylic acids is 3. The van der Waals surface area contributed by atoms with Crippen molar-refractivity contribution in [3.05, 3.63) is 78.0 Å². The van der Waals surface area contributed by atoms with Crippen molar-refractivity contribution in [2.45, 2.75) is 25.8 Å². The van der Waals surface area contributed by atoms with Crippen LogP contribution in [0, 0.1) is 6.92 Å². The molecule has 1 aromatic heterocycles. The molecule has 1 unspecified atom stereocenters. The van der Waals surface area contributed by atoms with Gasteiger partial charge in [0.15, 0.2) is 5.78 Å². The number of oxazole rings is 1. The molecule has 1 fully saturated rings. The Balaban J connectivity index is 1.36. The summed E-state index contributed by atoms with van der Waals surface area (Å²) in [5.74, 6) is 0.182. The molecule has 0 saturated carbocycles. The molecule has 0 spiro atoms. The van der Waals surface area contributed by atoms with Crippen LogP contribution in [0.3, 0.4) is 0 Å². The van der Waals surface area contributed by atoms with Gasteiger partial charge in [0.1, 0.15) is 12.3 Å². The summed E-state index contributed by atoms with van der Waals surface area (Å²) in [6, 6.07) is 13.7. The molecule has 1 atom stereocenters. The molecule has 1 saturated heterocycles. The van der Waals surface area contributed by atoms with E-state index in [2.05, 4.69) is 15.6 Å². The van der Waals surface area contributed by atoms with E-state index in [1.807, 2.05) is 31.2 Å². The predicted molar refractivity (Wildman–Crippen MR) is 115 cm³/mol. The standard InChI is InChI=1S/C23H22N4O4/c1-15-4-2-3-5-19(15)26-23(30)25-17-8-6-16(7-9-17)12-21(29)27-14-18(28)13-20(27)22-24-10-11-31-22/h2-11,20H,12-14H2,1H3,(H2,25,26,30). The number of hydrogen-bond acceptors (Lipinski definition) is 5. The number of amides is 3. The molecule has 31 heavy (non-hydrogen) atoms. The maximum absolute atomic E-state index is 12.8. The summed E-state index contributed by atoms with van der Waals surface area (Å²) in [5, 5.41) is 5.58. The van der Waals surface area contributed by atoms with E-state index in [9.17, 15) is 14.4 Å². The molecular formula is C23H22N4O4. The van der Waals surface area contributed by atoms with Crippen LogP contribution >= 0.6 is 0 Å². The Labute approximate surface area is 179 Å². The van der Waals surface area contributed by atoms with Gasteiger partial charge in [-0.25, -0.2) is 9.78 Å². The Kier molecular flexibility index (Phi) is 5.79. The van der Waals surface area contributed by atoms with Crippen LogP contribution < -0.4 is 10.6 Å². The number of nitrogens with zero attached hydrogens (tertiary/aromatic N) is 2. The lowest BCUT2D eigenvalue weighted by atomic mass is 10.1. The Bertz CT molecular complexity index is 1090. The molecular weight excluding hydrogens is 396 g/mol. The third kappa shape index (κ3) is 4.80. The van der Waals surface area contributed by atoms with Crippen molar-refractivity contribution >= 4 is 29.1 Å². The maximum atomic E-state index is 12.8. The first-order valence-corrected chi connectivity index (χ1v) is 9.93. The highest BCUT2D eigenvalue weighted by molar-refractivity contribution is 6.00. The van der Waals surface area contributed by atoms with Gasteiger partial charge in [-0.1, -0.05) is 30.3 Å². The van der Waals surface area contributed by atoms with Crippen molar-refractivity contribution in [1.29, 1.82) is 0 Å². The van der Waals surface area contributed by atoms with Crippen LogP contribution in [-0.2, 0) is 16.0 Å². The first kappa shape index (κ1) is 20.3. The number of para-hydroxylation sites is 1. The number of urea groups is 1. The van der Waals surface area contributed by atoms with Gasteiger partial charge in [0.2, 0.25) is 11.8 Å². The van der Waals surface area contributed by atoms with E-state index in [0.29, 0.717) is 11.6 Å². The first-order valence-electron chi connectivity index (χ1n) is 9.93. The molecule has 2 heterocycles. The quantitative estimate of drug-likeness (QED) is 0.657. The van der Waals surface area contributed by atoms with E-state index in [-0.39, 0.29) is 37.1 Å². The van der Waals surface area contributed by atoms with Gasteiger partial charge < -0.3 is 20.0 Å². The highest BCUT2D eigenvalue weighted by Crippen LogP contribution is 2.29. The number of carbonyl (C=O) groups is 3. The summed E-state index contributed by atoms with van der Waals surface area (Å²) >= 11 is 0. The lowest BCUT2D eigenvalue weighted by Crippen LogP contribution is -2.32. The van der Waals surface area contributed by atoms with Crippen LogP contribution in [0.15, 0.2) is 65.4 Å². The van der Waals surface area contributed by atoms with Crippen molar-refractivity contribution in [2.75, 3.05) is 17.2 Å². The first-order chi connectivity index (χ1) is 15.0. The Morgan fingerprint density at radius 3 is 2.61 bits per heavy atom. The van der Waals surface area contributed by atoms with Gasteiger partial charge in [0.25, 0.3) is 0 Å². The third-order valence-electron chi connectivity index (χ3n) is 5.16. The van der Waals surface area contributed by atoms with E-state index in [1.54, 1.807) is 24.3 Å². The van der Waals surface area contributed by atoms with Crippen LogP contribution in [0.5, 0.6) is 0 Å². The van der Waals surface area contributed by atoms with Crippen molar-refractivity contribution in [2.24, 2.45) is 0 Å². The van der Waals surface area contributed by atoms with Crippen LogP contribution in [0.1, 0.15) is 29.5 Å². The summed E-state index contributed by atoms with van der Waals surface area (Å²) in [6.07, 6.45) is 3.29. The SMILES string of the molecule is Cc1ccccc1NC(=O)Nc1ccc(CC(=O)N2CC(=O)CC2c2ncco2)cc1. The van der Waals surface area contributed by atoms with Gasteiger partial charge in [-0.2, -0.15) is 0 Å². The summed E-state index contributed by atoms with van der Waals surface area (Å²) in [5.41, 5.74) is 3.09. The van der Waals surface area contributed by atoms with E-state index in [0.717, 1.165) is 16.8 Å². The second kappa shape index (κ2) is 8.83. The number of aryl methyl sites for hydroxylation is 1. The molecule has 1 aliphatic rings. The lowest BCUT2D eigenvalue weighted by Gasteiger charge is -2.21. The fraction of sp³-hybridized carbons (Fsp3) is 0.217. The van der Waals surface area contributed by atoms with E-state index < -0.39 is 6.04 Å². The van der Waals surface area contributed by atoms with Gasteiger partial charge in [0.05, 0.1) is 19.2 Å². The van der Waals surface area contributed by atoms with Gasteiger partial charge in [-0.15, -0.1) is 0 Å². The number of hydrogen-bond donors (Lipinski definition) is 2. The highest BCUT2D eigenvalue weighted by Gasteiger charge is 2.37. The Morgan fingerprint density at radius 1 is 1.13 bits per heavy atom.